The lowest BCUT2D eigenvalue weighted by atomic mass is 10.1. The molecule has 0 heterocycles. The van der Waals surface area contributed by atoms with Crippen molar-refractivity contribution in [2.45, 2.75) is 0 Å². The molecule has 0 amide bonds. The van der Waals surface area contributed by atoms with Crippen molar-refractivity contribution < 1.29 is 14.6 Å². The molecular formula is C16H12ClIO3. The van der Waals surface area contributed by atoms with Crippen LogP contribution in [-0.2, 0) is 0 Å². The molecule has 0 aromatic heterocycles. The summed E-state index contributed by atoms with van der Waals surface area (Å²) in [5.74, 6) is 0.0544. The molecule has 108 valence electrons. The number of ketones is 1. The molecule has 21 heavy (non-hydrogen) atoms. The second-order valence-corrected chi connectivity index (χ2v) is 5.91. The highest BCUT2D eigenvalue weighted by Crippen LogP contribution is 2.35. The Morgan fingerprint density at radius 3 is 2.57 bits per heavy atom. The quantitative estimate of drug-likeness (QED) is 0.453. The number of ether oxygens (including phenoxy) is 1. The first-order chi connectivity index (χ1) is 10.0. The number of phenolic OH excluding ortho intramolecular Hbond substituents is 1. The molecule has 0 spiro atoms. The van der Waals surface area contributed by atoms with Gasteiger partial charge < -0.3 is 9.84 Å². The number of halogens is 2. The van der Waals surface area contributed by atoms with Crippen LogP contribution in [0.2, 0.25) is 5.02 Å². The van der Waals surface area contributed by atoms with E-state index < -0.39 is 0 Å². The van der Waals surface area contributed by atoms with Gasteiger partial charge in [0.15, 0.2) is 17.3 Å². The van der Waals surface area contributed by atoms with Gasteiger partial charge in [-0.25, -0.2) is 0 Å². The van der Waals surface area contributed by atoms with E-state index in [-0.39, 0.29) is 22.3 Å². The molecule has 0 unspecified atom stereocenters. The number of hydrogen-bond acceptors (Lipinski definition) is 3. The Labute approximate surface area is 141 Å². The second kappa shape index (κ2) is 6.95. The number of carbonyl (C=O) groups excluding carboxylic acids is 1. The largest absolute Gasteiger partial charge is 0.503 e. The minimum Gasteiger partial charge on any atom is -0.503 e. The maximum Gasteiger partial charge on any atom is 0.185 e. The summed E-state index contributed by atoms with van der Waals surface area (Å²) in [5.41, 5.74) is 1.29. The number of allylic oxidation sites excluding steroid dienone is 1. The molecule has 5 heteroatoms. The van der Waals surface area contributed by atoms with Crippen LogP contribution in [0.5, 0.6) is 11.5 Å². The van der Waals surface area contributed by atoms with Crippen LogP contribution < -0.4 is 4.74 Å². The number of methoxy groups -OCH3 is 1. The van der Waals surface area contributed by atoms with Crippen molar-refractivity contribution in [2.24, 2.45) is 0 Å². The summed E-state index contributed by atoms with van der Waals surface area (Å²) in [6.45, 7) is 0. The molecule has 2 aromatic carbocycles. The fraction of sp³-hybridized carbons (Fsp3) is 0.0625. The molecule has 2 rings (SSSR count). The topological polar surface area (TPSA) is 46.5 Å². The zero-order chi connectivity index (χ0) is 15.4. The van der Waals surface area contributed by atoms with Gasteiger partial charge in [-0.15, -0.1) is 0 Å². The third-order valence-electron chi connectivity index (χ3n) is 2.83. The lowest BCUT2D eigenvalue weighted by Gasteiger charge is -2.06. The van der Waals surface area contributed by atoms with Gasteiger partial charge in [-0.3, -0.25) is 4.79 Å². The molecule has 0 aliphatic carbocycles. The Morgan fingerprint density at radius 1 is 1.29 bits per heavy atom. The predicted molar refractivity (Wildman–Crippen MR) is 92.2 cm³/mol. The lowest BCUT2D eigenvalue weighted by Crippen LogP contribution is -1.93. The van der Waals surface area contributed by atoms with E-state index in [2.05, 4.69) is 22.6 Å². The molecule has 0 bridgehead atoms. The van der Waals surface area contributed by atoms with Gasteiger partial charge >= 0.3 is 0 Å². The molecule has 0 atom stereocenters. The van der Waals surface area contributed by atoms with Crippen LogP contribution in [0.4, 0.5) is 0 Å². The average molecular weight is 415 g/mol. The van der Waals surface area contributed by atoms with Crippen LogP contribution in [0.3, 0.4) is 0 Å². The zero-order valence-electron chi connectivity index (χ0n) is 11.1. The van der Waals surface area contributed by atoms with Crippen LogP contribution in [0.25, 0.3) is 6.08 Å². The van der Waals surface area contributed by atoms with Gasteiger partial charge in [0, 0.05) is 9.13 Å². The molecule has 3 nitrogen and oxygen atoms in total. The van der Waals surface area contributed by atoms with Crippen molar-refractivity contribution in [3.8, 4) is 11.5 Å². The minimum atomic E-state index is -0.111. The Balaban J connectivity index is 2.23. The molecule has 0 saturated heterocycles. The fourth-order valence-corrected chi connectivity index (χ4v) is 2.31. The second-order valence-electron chi connectivity index (χ2n) is 4.26. The minimum absolute atomic E-state index is 0.102. The van der Waals surface area contributed by atoms with Gasteiger partial charge in [-0.1, -0.05) is 29.8 Å². The number of benzene rings is 2. The van der Waals surface area contributed by atoms with Crippen LogP contribution in [0.15, 0.2) is 42.5 Å². The molecule has 0 radical (unpaired) electrons. The van der Waals surface area contributed by atoms with Crippen molar-refractivity contribution in [1.82, 2.24) is 0 Å². The molecule has 2 aromatic rings. The van der Waals surface area contributed by atoms with E-state index in [9.17, 15) is 9.90 Å². The summed E-state index contributed by atoms with van der Waals surface area (Å²) in [7, 11) is 1.44. The summed E-state index contributed by atoms with van der Waals surface area (Å²) >= 11 is 8.08. The summed E-state index contributed by atoms with van der Waals surface area (Å²) in [6.07, 6.45) is 3.10. The fourth-order valence-electron chi connectivity index (χ4n) is 1.73. The number of phenols is 1. The van der Waals surface area contributed by atoms with Crippen LogP contribution >= 0.6 is 34.2 Å². The van der Waals surface area contributed by atoms with E-state index in [1.807, 2.05) is 12.1 Å². The monoisotopic (exact) mass is 414 g/mol. The molecule has 0 saturated carbocycles. The van der Waals surface area contributed by atoms with E-state index in [4.69, 9.17) is 16.3 Å². The van der Waals surface area contributed by atoms with E-state index in [0.29, 0.717) is 11.1 Å². The zero-order valence-corrected chi connectivity index (χ0v) is 14.1. The maximum atomic E-state index is 12.0. The molecule has 1 N–H and O–H groups in total. The molecule has 0 fully saturated rings. The van der Waals surface area contributed by atoms with Crippen molar-refractivity contribution >= 4 is 46.1 Å². The highest BCUT2D eigenvalue weighted by molar-refractivity contribution is 14.1. The lowest BCUT2D eigenvalue weighted by molar-refractivity contribution is 0.104. The summed E-state index contributed by atoms with van der Waals surface area (Å²) in [6, 6.07) is 10.5. The summed E-state index contributed by atoms with van der Waals surface area (Å²) < 4.78 is 6.09. The van der Waals surface area contributed by atoms with E-state index in [0.717, 1.165) is 3.57 Å². The van der Waals surface area contributed by atoms with Crippen LogP contribution in [0, 0.1) is 3.57 Å². The number of carbonyl (C=O) groups is 1. The van der Waals surface area contributed by atoms with Crippen LogP contribution in [0.1, 0.15) is 15.9 Å². The number of rotatable bonds is 4. The average Bonchev–Trinajstić information content (AvgIpc) is 2.48. The van der Waals surface area contributed by atoms with E-state index >= 15 is 0 Å². The first-order valence-corrected chi connectivity index (χ1v) is 7.51. The Kier molecular flexibility index (Phi) is 5.25. The Bertz CT molecular complexity index is 693. The molecular weight excluding hydrogens is 403 g/mol. The highest BCUT2D eigenvalue weighted by atomic mass is 127. The Morgan fingerprint density at radius 2 is 1.95 bits per heavy atom. The van der Waals surface area contributed by atoms with Gasteiger partial charge in [-0.05, 0) is 58.5 Å². The van der Waals surface area contributed by atoms with Gasteiger partial charge in [-0.2, -0.15) is 0 Å². The first kappa shape index (κ1) is 15.9. The van der Waals surface area contributed by atoms with Crippen molar-refractivity contribution in [1.29, 1.82) is 0 Å². The molecule has 0 aliphatic rings. The van der Waals surface area contributed by atoms with Gasteiger partial charge in [0.25, 0.3) is 0 Å². The van der Waals surface area contributed by atoms with E-state index in [1.54, 1.807) is 30.3 Å². The van der Waals surface area contributed by atoms with Crippen molar-refractivity contribution in [3.05, 3.63) is 62.2 Å². The third-order valence-corrected chi connectivity index (χ3v) is 3.83. The maximum absolute atomic E-state index is 12.0. The van der Waals surface area contributed by atoms with Crippen LogP contribution in [-0.4, -0.2) is 18.0 Å². The van der Waals surface area contributed by atoms with Gasteiger partial charge in [0.05, 0.1) is 12.1 Å². The Hall–Kier alpha value is -1.53. The van der Waals surface area contributed by atoms with Gasteiger partial charge in [0.2, 0.25) is 0 Å². The van der Waals surface area contributed by atoms with Crippen molar-refractivity contribution in [2.75, 3.05) is 7.11 Å². The first-order valence-electron chi connectivity index (χ1n) is 6.05. The van der Waals surface area contributed by atoms with Crippen molar-refractivity contribution in [3.63, 3.8) is 0 Å². The SMILES string of the molecule is COc1cc(/C=C/C(=O)c2ccc(I)cc2)cc(Cl)c1O. The van der Waals surface area contributed by atoms with Gasteiger partial charge in [0.1, 0.15) is 0 Å². The smallest absolute Gasteiger partial charge is 0.185 e. The summed E-state index contributed by atoms with van der Waals surface area (Å²) in [4.78, 5) is 12.0. The summed E-state index contributed by atoms with van der Waals surface area (Å²) in [5, 5.41) is 9.83. The predicted octanol–water partition coefficient (Wildman–Crippen LogP) is 4.55. The number of hydrogen-bond donors (Lipinski definition) is 1. The number of aromatic hydroxyl groups is 1. The third kappa shape index (κ3) is 3.98. The van der Waals surface area contributed by atoms with E-state index in [1.165, 1.54) is 13.2 Å². The molecule has 0 aliphatic heterocycles. The highest BCUT2D eigenvalue weighted by Gasteiger charge is 2.08. The standard InChI is InChI=1S/C16H12ClIO3/c1-21-15-9-10(8-13(17)16(15)20)2-7-14(19)11-3-5-12(18)6-4-11/h2-9,20H,1H3/b7-2+. The normalized spacial score (nSPS) is 10.8.